The van der Waals surface area contributed by atoms with Crippen LogP contribution in [0.4, 0.5) is 0 Å². The maximum atomic E-state index is 11.7. The van der Waals surface area contributed by atoms with E-state index in [-0.39, 0.29) is 17.2 Å². The molecule has 1 saturated heterocycles. The van der Waals surface area contributed by atoms with E-state index in [0.29, 0.717) is 5.46 Å². The molecule has 1 aliphatic heterocycles. The molecule has 0 bridgehead atoms. The number of benzene rings is 1. The van der Waals surface area contributed by atoms with Crippen molar-refractivity contribution in [2.24, 2.45) is 0 Å². The maximum Gasteiger partial charge on any atom is 0.494 e. The first kappa shape index (κ1) is 14.9. The average Bonchev–Trinajstić information content (AvgIpc) is 2.58. The van der Waals surface area contributed by atoms with Gasteiger partial charge in [0.1, 0.15) is 5.75 Å². The minimum Gasteiger partial charge on any atom is -0.507 e. The zero-order chi connectivity index (χ0) is 15.1. The monoisotopic (exact) mass is 277 g/mol. The van der Waals surface area contributed by atoms with Crippen LogP contribution in [0.3, 0.4) is 0 Å². The van der Waals surface area contributed by atoms with E-state index < -0.39 is 18.3 Å². The Hall–Kier alpha value is -1.53. The molecule has 0 aliphatic carbocycles. The van der Waals surface area contributed by atoms with E-state index in [0.717, 1.165) is 0 Å². The molecule has 1 aromatic rings. The van der Waals surface area contributed by atoms with Crippen molar-refractivity contribution in [3.63, 3.8) is 0 Å². The summed E-state index contributed by atoms with van der Waals surface area (Å²) in [5.74, 6) is -0.412. The third-order valence-electron chi connectivity index (χ3n) is 4.02. The van der Waals surface area contributed by atoms with Crippen molar-refractivity contribution in [2.75, 3.05) is 7.05 Å². The second-order valence-corrected chi connectivity index (χ2v) is 5.94. The van der Waals surface area contributed by atoms with Crippen LogP contribution in [0.2, 0.25) is 0 Å². The van der Waals surface area contributed by atoms with Gasteiger partial charge in [-0.15, -0.1) is 0 Å². The molecule has 2 rings (SSSR count). The van der Waals surface area contributed by atoms with E-state index in [1.165, 1.54) is 13.1 Å². The average molecular weight is 277 g/mol. The molecule has 1 heterocycles. The lowest BCUT2D eigenvalue weighted by Crippen LogP contribution is -2.41. The summed E-state index contributed by atoms with van der Waals surface area (Å²) in [5, 5.41) is 12.2. The number of nitrogens with one attached hydrogen (secondary N) is 1. The third-order valence-corrected chi connectivity index (χ3v) is 4.02. The highest BCUT2D eigenvalue weighted by Crippen LogP contribution is 2.36. The first-order chi connectivity index (χ1) is 9.18. The summed E-state index contributed by atoms with van der Waals surface area (Å²) >= 11 is 0. The summed E-state index contributed by atoms with van der Waals surface area (Å²) in [5.41, 5.74) is 0.0330. The summed E-state index contributed by atoms with van der Waals surface area (Å²) in [6, 6.07) is 4.77. The minimum absolute atomic E-state index is 0.0652. The lowest BCUT2D eigenvalue weighted by atomic mass is 9.78. The number of amides is 1. The topological polar surface area (TPSA) is 67.8 Å². The fourth-order valence-electron chi connectivity index (χ4n) is 2.00. The number of phenolic OH excluding ortho intramolecular Hbond substituents is 1. The normalized spacial score (nSPS) is 19.9. The van der Waals surface area contributed by atoms with Crippen LogP contribution in [-0.2, 0) is 9.31 Å². The van der Waals surface area contributed by atoms with Crippen molar-refractivity contribution >= 4 is 18.5 Å². The van der Waals surface area contributed by atoms with E-state index in [1.54, 1.807) is 12.1 Å². The van der Waals surface area contributed by atoms with Gasteiger partial charge in [-0.2, -0.15) is 0 Å². The SMILES string of the molecule is CNC(=O)c1cc(B2OC(C)(C)C(C)(C)O2)ccc1O. The van der Waals surface area contributed by atoms with E-state index in [4.69, 9.17) is 9.31 Å². The molecule has 0 unspecified atom stereocenters. The summed E-state index contributed by atoms with van der Waals surface area (Å²) in [4.78, 5) is 11.7. The number of aromatic hydroxyl groups is 1. The van der Waals surface area contributed by atoms with E-state index in [1.807, 2.05) is 27.7 Å². The first-order valence-corrected chi connectivity index (χ1v) is 6.58. The Morgan fingerprint density at radius 1 is 1.20 bits per heavy atom. The second-order valence-electron chi connectivity index (χ2n) is 5.94. The van der Waals surface area contributed by atoms with Crippen molar-refractivity contribution in [3.05, 3.63) is 23.8 Å². The minimum atomic E-state index is -0.552. The van der Waals surface area contributed by atoms with Crippen LogP contribution in [0.15, 0.2) is 18.2 Å². The lowest BCUT2D eigenvalue weighted by molar-refractivity contribution is 0.00578. The van der Waals surface area contributed by atoms with Gasteiger partial charge in [0.25, 0.3) is 5.91 Å². The summed E-state index contributed by atoms with van der Waals surface area (Å²) in [6.07, 6.45) is 0. The molecule has 0 aromatic heterocycles. The first-order valence-electron chi connectivity index (χ1n) is 6.58. The van der Waals surface area contributed by atoms with Gasteiger partial charge in [-0.1, -0.05) is 6.07 Å². The Bertz CT molecular complexity index is 526. The predicted octanol–water partition coefficient (Wildman–Crippen LogP) is 1.05. The molecule has 5 nitrogen and oxygen atoms in total. The van der Waals surface area contributed by atoms with Crippen molar-refractivity contribution in [1.82, 2.24) is 5.32 Å². The van der Waals surface area contributed by atoms with Gasteiger partial charge >= 0.3 is 7.12 Å². The molecule has 0 atom stereocenters. The molecular weight excluding hydrogens is 257 g/mol. The van der Waals surface area contributed by atoms with Crippen LogP contribution in [0.5, 0.6) is 5.75 Å². The van der Waals surface area contributed by atoms with E-state index in [2.05, 4.69) is 5.32 Å². The Morgan fingerprint density at radius 2 is 1.75 bits per heavy atom. The number of hydrogen-bond donors (Lipinski definition) is 2. The van der Waals surface area contributed by atoms with Crippen LogP contribution in [0, 0.1) is 0 Å². The Balaban J connectivity index is 2.34. The number of carbonyl (C=O) groups excluding carboxylic acids is 1. The Kier molecular flexibility index (Phi) is 3.56. The quantitative estimate of drug-likeness (QED) is 0.793. The molecule has 1 aliphatic rings. The van der Waals surface area contributed by atoms with Crippen molar-refractivity contribution in [3.8, 4) is 5.75 Å². The zero-order valence-corrected chi connectivity index (χ0v) is 12.5. The van der Waals surface area contributed by atoms with Crippen LogP contribution < -0.4 is 10.8 Å². The van der Waals surface area contributed by atoms with Crippen LogP contribution in [0.1, 0.15) is 38.1 Å². The van der Waals surface area contributed by atoms with E-state index >= 15 is 0 Å². The smallest absolute Gasteiger partial charge is 0.494 e. The zero-order valence-electron chi connectivity index (χ0n) is 12.5. The molecule has 1 aromatic carbocycles. The van der Waals surface area contributed by atoms with Gasteiger partial charge in [0.05, 0.1) is 16.8 Å². The van der Waals surface area contributed by atoms with Crippen molar-refractivity contribution in [1.29, 1.82) is 0 Å². The van der Waals surface area contributed by atoms with Gasteiger partial charge in [-0.3, -0.25) is 4.79 Å². The maximum absolute atomic E-state index is 11.7. The Morgan fingerprint density at radius 3 is 2.25 bits per heavy atom. The fraction of sp³-hybridized carbons (Fsp3) is 0.500. The molecule has 0 saturated carbocycles. The molecule has 0 spiro atoms. The van der Waals surface area contributed by atoms with Gasteiger partial charge in [-0.05, 0) is 45.3 Å². The number of rotatable bonds is 2. The third kappa shape index (κ3) is 2.41. The lowest BCUT2D eigenvalue weighted by Gasteiger charge is -2.32. The molecule has 20 heavy (non-hydrogen) atoms. The van der Waals surface area contributed by atoms with Crippen molar-refractivity contribution in [2.45, 2.75) is 38.9 Å². The van der Waals surface area contributed by atoms with Gasteiger partial charge in [0.2, 0.25) is 0 Å². The molecule has 1 amide bonds. The van der Waals surface area contributed by atoms with Crippen LogP contribution in [-0.4, -0.2) is 36.4 Å². The van der Waals surface area contributed by atoms with Crippen molar-refractivity contribution < 1.29 is 19.2 Å². The van der Waals surface area contributed by atoms with E-state index in [9.17, 15) is 9.90 Å². The molecule has 0 radical (unpaired) electrons. The molecular formula is C14H20BNO4. The van der Waals surface area contributed by atoms with Gasteiger partial charge in [0.15, 0.2) is 0 Å². The van der Waals surface area contributed by atoms with Crippen LogP contribution >= 0.6 is 0 Å². The second kappa shape index (κ2) is 4.79. The predicted molar refractivity (Wildman–Crippen MR) is 77.2 cm³/mol. The fourth-order valence-corrected chi connectivity index (χ4v) is 2.00. The molecule has 1 fully saturated rings. The van der Waals surface area contributed by atoms with Gasteiger partial charge < -0.3 is 19.7 Å². The largest absolute Gasteiger partial charge is 0.507 e. The number of carbonyl (C=O) groups is 1. The summed E-state index contributed by atoms with van der Waals surface area (Å²) in [7, 11) is 0.965. The van der Waals surface area contributed by atoms with Gasteiger partial charge in [-0.25, -0.2) is 0 Å². The molecule has 6 heteroatoms. The summed E-state index contributed by atoms with van der Waals surface area (Å²) in [6.45, 7) is 7.86. The molecule has 108 valence electrons. The highest BCUT2D eigenvalue weighted by Gasteiger charge is 2.51. The Labute approximate surface area is 119 Å². The number of phenols is 1. The summed E-state index contributed by atoms with van der Waals surface area (Å²) < 4.78 is 11.8. The molecule has 2 N–H and O–H groups in total. The van der Waals surface area contributed by atoms with Crippen LogP contribution in [0.25, 0.3) is 0 Å². The highest BCUT2D eigenvalue weighted by molar-refractivity contribution is 6.62. The highest BCUT2D eigenvalue weighted by atomic mass is 16.7. The standard InChI is InChI=1S/C14H20BNO4/c1-13(2)14(3,4)20-15(19-13)9-6-7-11(17)10(8-9)12(18)16-5/h6-8,17H,1-5H3,(H,16,18). The number of hydrogen-bond acceptors (Lipinski definition) is 4. The van der Waals surface area contributed by atoms with Gasteiger partial charge in [0, 0.05) is 7.05 Å².